The van der Waals surface area contributed by atoms with E-state index in [4.69, 9.17) is 4.11 Å². The molecular formula is C43H71N7O7S. The molecule has 0 aromatic carbocycles. The van der Waals surface area contributed by atoms with E-state index < -0.39 is 87.9 Å². The van der Waals surface area contributed by atoms with Gasteiger partial charge < -0.3 is 20.9 Å². The van der Waals surface area contributed by atoms with Crippen LogP contribution in [0.1, 0.15) is 149 Å². The van der Waals surface area contributed by atoms with Crippen molar-refractivity contribution in [1.29, 1.82) is 0 Å². The molecule has 0 radical (unpaired) electrons. The highest BCUT2D eigenvalue weighted by molar-refractivity contribution is 7.87. The van der Waals surface area contributed by atoms with Crippen LogP contribution in [0.25, 0.3) is 0 Å². The molecule has 8 atom stereocenters. The van der Waals surface area contributed by atoms with E-state index in [0.717, 1.165) is 55.7 Å². The van der Waals surface area contributed by atoms with Crippen LogP contribution in [0, 0.1) is 33.5 Å². The first kappa shape index (κ1) is 39.4. The Hall–Kier alpha value is -2.78. The van der Waals surface area contributed by atoms with Crippen molar-refractivity contribution in [1.82, 2.24) is 34.8 Å². The summed E-state index contributed by atoms with van der Waals surface area (Å²) in [5.74, 6) is -3.18. The van der Waals surface area contributed by atoms with Gasteiger partial charge in [-0.25, -0.2) is 4.72 Å². The average molecular weight is 833 g/mol. The lowest BCUT2D eigenvalue weighted by molar-refractivity contribution is -0.145. The molecule has 3 aliphatic heterocycles. The van der Waals surface area contributed by atoms with Crippen LogP contribution < -0.4 is 20.7 Å². The lowest BCUT2D eigenvalue weighted by Gasteiger charge is -2.38. The molecule has 4 saturated carbocycles. The number of nitrogens with zero attached hydrogens (tertiary/aromatic N) is 3. The summed E-state index contributed by atoms with van der Waals surface area (Å²) in [4.78, 5) is 75.8. The summed E-state index contributed by atoms with van der Waals surface area (Å²) in [6, 6.07) is -3.75. The van der Waals surface area contributed by atoms with Gasteiger partial charge in [0.15, 0.2) is 0 Å². The van der Waals surface area contributed by atoms with Gasteiger partial charge in [-0.05, 0) is 105 Å². The minimum atomic E-state index is -4.33. The number of rotatable bonds is 13. The summed E-state index contributed by atoms with van der Waals surface area (Å²) in [6.07, 6.45) is 10.4. The van der Waals surface area contributed by atoms with E-state index in [0.29, 0.717) is 51.6 Å². The maximum atomic E-state index is 15.3. The van der Waals surface area contributed by atoms with Gasteiger partial charge in [0.25, 0.3) is 5.91 Å². The number of carbonyl (C=O) groups excluding carboxylic acids is 5. The molecule has 7 fully saturated rings. The smallest absolute Gasteiger partial charge is 0.303 e. The van der Waals surface area contributed by atoms with Crippen molar-refractivity contribution in [3.63, 3.8) is 0 Å². The molecule has 4 N–H and O–H groups in total. The van der Waals surface area contributed by atoms with E-state index in [2.05, 4.69) is 34.5 Å². The van der Waals surface area contributed by atoms with Crippen molar-refractivity contribution >= 4 is 39.7 Å². The van der Waals surface area contributed by atoms with Gasteiger partial charge in [-0.3, -0.25) is 28.9 Å². The maximum absolute atomic E-state index is 15.3. The van der Waals surface area contributed by atoms with E-state index in [9.17, 15) is 27.6 Å². The van der Waals surface area contributed by atoms with Crippen LogP contribution in [0.3, 0.4) is 0 Å². The monoisotopic (exact) mass is 833 g/mol. The Labute approximate surface area is 350 Å². The van der Waals surface area contributed by atoms with Gasteiger partial charge in [-0.2, -0.15) is 12.7 Å². The van der Waals surface area contributed by atoms with E-state index in [1.54, 1.807) is 9.80 Å². The van der Waals surface area contributed by atoms with Gasteiger partial charge in [0.2, 0.25) is 23.6 Å². The molecule has 3 heterocycles. The van der Waals surface area contributed by atoms with Gasteiger partial charge in [0, 0.05) is 29.1 Å². The predicted octanol–water partition coefficient (Wildman–Crippen LogP) is 3.61. The topological polar surface area (TPSA) is 177 Å². The summed E-state index contributed by atoms with van der Waals surface area (Å²) in [6.45, 7) is 11.4. The number of hydrogen-bond donors (Lipinski definition) is 4. The summed E-state index contributed by atoms with van der Waals surface area (Å²) in [5.41, 5.74) is -2.93. The Kier molecular flexibility index (Phi) is 10.6. The molecule has 7 rings (SSSR count). The lowest BCUT2D eigenvalue weighted by Crippen LogP contribution is -2.63. The zero-order valence-corrected chi connectivity index (χ0v) is 36.7. The summed E-state index contributed by atoms with van der Waals surface area (Å²) >= 11 is 0. The van der Waals surface area contributed by atoms with E-state index in [1.807, 2.05) is 27.7 Å². The van der Waals surface area contributed by atoms with Crippen LogP contribution in [0.5, 0.6) is 0 Å². The molecular weight excluding hydrogens is 759 g/mol. The highest BCUT2D eigenvalue weighted by Crippen LogP contribution is 2.88. The molecule has 58 heavy (non-hydrogen) atoms. The van der Waals surface area contributed by atoms with Crippen LogP contribution in [0.4, 0.5) is 0 Å². The van der Waals surface area contributed by atoms with Crippen molar-refractivity contribution in [3.05, 3.63) is 0 Å². The Morgan fingerprint density at radius 3 is 2.10 bits per heavy atom. The largest absolute Gasteiger partial charge is 0.343 e. The third-order valence-corrected chi connectivity index (χ3v) is 17.5. The standard InChI is InChI=1S/C43H71N7O7S/c1-8-29-25-43(29,38(55)47-58(56,57)49-23-13-14-24-49)46-35(52)31-26-42(40(6,7)41(42)20-16-21-41)27-50(31)37(54)33(39(3,4)5)45-36(53)32(28-17-11-10-12-18-28)44-34(51)30-19-15-22-48(30)9-2/h28-33H,8-27H2,1-7H3,(H,44,51)(H,45,53)(H,46,52)(H,47,55)/t29-,30+,31+,32+,33-,42-,43-/m1/s1/i9D2,23D/t23?,29-,30+,31+,32+,33-,42-,43-. The second-order valence-corrected chi connectivity index (χ2v) is 21.9. The van der Waals surface area contributed by atoms with Crippen molar-refractivity contribution in [2.75, 3.05) is 32.7 Å². The van der Waals surface area contributed by atoms with E-state index in [1.165, 1.54) is 6.92 Å². The first-order valence-electron chi connectivity index (χ1n) is 23.7. The molecule has 7 aliphatic rings. The van der Waals surface area contributed by atoms with Gasteiger partial charge in [-0.1, -0.05) is 80.6 Å². The quantitative estimate of drug-likeness (QED) is 0.218. The third-order valence-electron chi connectivity index (χ3n) is 16.1. The number of likely N-dealkylation sites (tertiary alicyclic amines) is 2. The highest BCUT2D eigenvalue weighted by Gasteiger charge is 2.85. The zero-order chi connectivity index (χ0) is 44.7. The molecule has 326 valence electrons. The maximum Gasteiger partial charge on any atom is 0.303 e. The second kappa shape index (κ2) is 15.6. The SMILES string of the molecule is [2H]C1CCCN1S(=O)(=O)NC(=O)[C@@]1(NC(=O)[C@@H]2C[C@@]3(CN2C(=O)[C@@H](NC(=O)[C@@H](NC(=O)[C@@H]2CCCN2C([2H])([2H])C)C2CCCCC2)C(C)(C)C)C(C)(C)C32CCC2)C[C@H]1CC. The van der Waals surface area contributed by atoms with Gasteiger partial charge in [-0.15, -0.1) is 0 Å². The Balaban J connectivity index is 1.15. The first-order valence-corrected chi connectivity index (χ1v) is 23.6. The van der Waals surface area contributed by atoms with E-state index in [-0.39, 0.29) is 41.0 Å². The minimum Gasteiger partial charge on any atom is -0.343 e. The fourth-order valence-corrected chi connectivity index (χ4v) is 13.4. The van der Waals surface area contributed by atoms with Crippen molar-refractivity contribution in [2.45, 2.75) is 174 Å². The van der Waals surface area contributed by atoms with Crippen LogP contribution in [0.15, 0.2) is 0 Å². The van der Waals surface area contributed by atoms with Crippen molar-refractivity contribution in [2.24, 2.45) is 33.5 Å². The average Bonchev–Trinajstić information content (AvgIpc) is 3.54. The molecule has 2 spiro atoms. The molecule has 0 bridgehead atoms. The zero-order valence-electron chi connectivity index (χ0n) is 38.9. The van der Waals surface area contributed by atoms with E-state index >= 15 is 4.79 Å². The summed E-state index contributed by atoms with van der Waals surface area (Å²) < 4.78 is 54.6. The summed E-state index contributed by atoms with van der Waals surface area (Å²) in [5, 5.41) is 9.09. The number of hydrogen-bond acceptors (Lipinski definition) is 8. The van der Waals surface area contributed by atoms with Gasteiger partial charge in [0.05, 0.1) is 6.04 Å². The Morgan fingerprint density at radius 2 is 1.55 bits per heavy atom. The highest BCUT2D eigenvalue weighted by atomic mass is 32.2. The van der Waals surface area contributed by atoms with Gasteiger partial charge in [0.1, 0.15) is 23.7 Å². The first-order chi connectivity index (χ1) is 28.4. The molecule has 1 unspecified atom stereocenters. The number of fused-ring (bicyclic) bond motifs is 1. The van der Waals surface area contributed by atoms with Crippen molar-refractivity contribution < 1.29 is 36.5 Å². The Morgan fingerprint density at radius 1 is 0.845 bits per heavy atom. The molecule has 0 aromatic rings. The molecule has 4 aliphatic carbocycles. The normalized spacial score (nSPS) is 35.3. The predicted molar refractivity (Wildman–Crippen MR) is 220 cm³/mol. The lowest BCUT2D eigenvalue weighted by atomic mass is 9.73. The fourth-order valence-electron chi connectivity index (χ4n) is 12.2. The van der Waals surface area contributed by atoms with Crippen molar-refractivity contribution in [3.8, 4) is 0 Å². The second-order valence-electron chi connectivity index (χ2n) is 20.2. The third kappa shape index (κ3) is 7.18. The number of amides is 5. The molecule has 3 saturated heterocycles. The Bertz CT molecular complexity index is 1880. The fraction of sp³-hybridized carbons (Fsp3) is 0.884. The van der Waals surface area contributed by atoms with Crippen LogP contribution in [-0.2, 0) is 34.2 Å². The van der Waals surface area contributed by atoms with Crippen LogP contribution in [0.2, 0.25) is 0 Å². The number of carbonyl (C=O) groups is 5. The van der Waals surface area contributed by atoms with Gasteiger partial charge >= 0.3 is 10.2 Å². The molecule has 14 nitrogen and oxygen atoms in total. The number of likely N-dealkylation sites (N-methyl/N-ethyl adjacent to an activating group) is 1. The van der Waals surface area contributed by atoms with Crippen LogP contribution >= 0.6 is 0 Å². The minimum absolute atomic E-state index is 0.0517. The summed E-state index contributed by atoms with van der Waals surface area (Å²) in [7, 11) is -4.33. The number of nitrogens with one attached hydrogen (secondary N) is 4. The molecule has 5 amide bonds. The van der Waals surface area contributed by atoms with Crippen LogP contribution in [-0.4, -0.2) is 114 Å². The molecule has 15 heteroatoms. The molecule has 0 aromatic heterocycles.